The van der Waals surface area contributed by atoms with Gasteiger partial charge in [-0.3, -0.25) is 4.90 Å². The van der Waals surface area contributed by atoms with E-state index in [9.17, 15) is 0 Å². The van der Waals surface area contributed by atoms with Crippen molar-refractivity contribution >= 4 is 0 Å². The molecule has 0 aromatic carbocycles. The minimum atomic E-state index is 0.322. The second-order valence-electron chi connectivity index (χ2n) is 6.86. The molecule has 0 aromatic rings. The Bertz CT molecular complexity index is 289. The third-order valence-electron chi connectivity index (χ3n) is 4.11. The summed E-state index contributed by atoms with van der Waals surface area (Å²) in [7, 11) is 2.13. The lowest BCUT2D eigenvalue weighted by atomic mass is 10.1. The third kappa shape index (κ3) is 6.27. The molecule has 1 fully saturated rings. The van der Waals surface area contributed by atoms with Gasteiger partial charge in [0.25, 0.3) is 0 Å². The molecule has 0 spiro atoms. The number of hydrogen-bond donors (Lipinski definition) is 0. The van der Waals surface area contributed by atoms with Gasteiger partial charge in [-0.2, -0.15) is 0 Å². The standard InChI is InChI=1S/C17H34N2O/c1-14(2)8-7-9-19-10-11-20-17(13-19)12-18(6)16(5)15(3)4/h14-15,17H,5,7-13H2,1-4,6H3/t17-/m0/s1. The van der Waals surface area contributed by atoms with Crippen molar-refractivity contribution in [2.45, 2.75) is 46.6 Å². The van der Waals surface area contributed by atoms with Gasteiger partial charge in [0.05, 0.1) is 12.7 Å². The molecule has 118 valence electrons. The molecule has 0 radical (unpaired) electrons. The Morgan fingerprint density at radius 2 is 2.05 bits per heavy atom. The number of hydrogen-bond acceptors (Lipinski definition) is 3. The molecule has 20 heavy (non-hydrogen) atoms. The number of rotatable bonds is 8. The van der Waals surface area contributed by atoms with Crippen molar-refractivity contribution < 1.29 is 4.74 Å². The van der Waals surface area contributed by atoms with Gasteiger partial charge in [-0.1, -0.05) is 34.3 Å². The van der Waals surface area contributed by atoms with E-state index >= 15 is 0 Å². The molecule has 1 aliphatic heterocycles. The van der Waals surface area contributed by atoms with E-state index in [1.54, 1.807) is 0 Å². The fraction of sp³-hybridized carbons (Fsp3) is 0.882. The first-order valence-corrected chi connectivity index (χ1v) is 8.14. The van der Waals surface area contributed by atoms with Gasteiger partial charge in [-0.15, -0.1) is 0 Å². The lowest BCUT2D eigenvalue weighted by Gasteiger charge is -2.36. The van der Waals surface area contributed by atoms with Crippen molar-refractivity contribution in [1.82, 2.24) is 9.80 Å². The molecule has 3 heteroatoms. The van der Waals surface area contributed by atoms with Crippen molar-refractivity contribution in [3.8, 4) is 0 Å². The summed E-state index contributed by atoms with van der Waals surface area (Å²) in [6, 6.07) is 0. The molecular weight excluding hydrogens is 248 g/mol. The summed E-state index contributed by atoms with van der Waals surface area (Å²) in [5, 5.41) is 0. The Balaban J connectivity index is 2.31. The Morgan fingerprint density at radius 3 is 2.65 bits per heavy atom. The molecule has 1 saturated heterocycles. The summed E-state index contributed by atoms with van der Waals surface area (Å²) in [4.78, 5) is 4.81. The van der Waals surface area contributed by atoms with Gasteiger partial charge >= 0.3 is 0 Å². The van der Waals surface area contributed by atoms with Crippen molar-refractivity contribution in [1.29, 1.82) is 0 Å². The molecule has 1 rings (SSSR count). The second kappa shape index (κ2) is 8.68. The maximum atomic E-state index is 5.91. The smallest absolute Gasteiger partial charge is 0.0876 e. The average molecular weight is 282 g/mol. The van der Waals surface area contributed by atoms with E-state index in [1.165, 1.54) is 25.1 Å². The van der Waals surface area contributed by atoms with Gasteiger partial charge in [0.2, 0.25) is 0 Å². The molecule has 0 saturated carbocycles. The van der Waals surface area contributed by atoms with Gasteiger partial charge in [0.15, 0.2) is 0 Å². The Labute approximate surface area is 126 Å². The van der Waals surface area contributed by atoms with Crippen LogP contribution in [-0.4, -0.2) is 55.7 Å². The van der Waals surface area contributed by atoms with Crippen LogP contribution in [0, 0.1) is 11.8 Å². The second-order valence-corrected chi connectivity index (χ2v) is 6.86. The van der Waals surface area contributed by atoms with Gasteiger partial charge in [0.1, 0.15) is 0 Å². The fourth-order valence-electron chi connectivity index (χ4n) is 2.68. The van der Waals surface area contributed by atoms with Crippen molar-refractivity contribution in [2.75, 3.05) is 39.8 Å². The topological polar surface area (TPSA) is 15.7 Å². The number of ether oxygens (including phenoxy) is 1. The normalized spacial score (nSPS) is 20.6. The average Bonchev–Trinajstić information content (AvgIpc) is 2.37. The number of morpholine rings is 1. The highest BCUT2D eigenvalue weighted by molar-refractivity contribution is 4.96. The Morgan fingerprint density at radius 1 is 1.35 bits per heavy atom. The van der Waals surface area contributed by atoms with E-state index in [-0.39, 0.29) is 0 Å². The summed E-state index contributed by atoms with van der Waals surface area (Å²) >= 11 is 0. The van der Waals surface area contributed by atoms with Crippen LogP contribution in [0.1, 0.15) is 40.5 Å². The quantitative estimate of drug-likeness (QED) is 0.680. The van der Waals surface area contributed by atoms with Crippen LogP contribution in [0.5, 0.6) is 0 Å². The lowest BCUT2D eigenvalue weighted by Crippen LogP contribution is -2.47. The highest BCUT2D eigenvalue weighted by Crippen LogP contribution is 2.15. The zero-order valence-corrected chi connectivity index (χ0v) is 14.2. The first kappa shape index (κ1) is 17.5. The largest absolute Gasteiger partial charge is 0.375 e. The molecular formula is C17H34N2O. The SMILES string of the molecule is C=C(C(C)C)N(C)C[C@H]1CN(CCCC(C)C)CCO1. The van der Waals surface area contributed by atoms with E-state index in [4.69, 9.17) is 4.74 Å². The maximum absolute atomic E-state index is 5.91. The summed E-state index contributed by atoms with van der Waals surface area (Å²) in [5.74, 6) is 1.32. The molecule has 0 bridgehead atoms. The van der Waals surface area contributed by atoms with Crippen LogP contribution >= 0.6 is 0 Å². The molecule has 0 N–H and O–H groups in total. The molecule has 0 amide bonds. The third-order valence-corrected chi connectivity index (χ3v) is 4.11. The molecule has 0 unspecified atom stereocenters. The predicted octanol–water partition coefficient (Wildman–Crippen LogP) is 3.22. The van der Waals surface area contributed by atoms with Crippen molar-refractivity contribution in [2.24, 2.45) is 11.8 Å². The summed E-state index contributed by atoms with van der Waals surface area (Å²) < 4.78 is 5.91. The summed E-state index contributed by atoms with van der Waals surface area (Å²) in [5.41, 5.74) is 1.20. The zero-order chi connectivity index (χ0) is 15.1. The van der Waals surface area contributed by atoms with Gasteiger partial charge < -0.3 is 9.64 Å². The number of nitrogens with zero attached hydrogens (tertiary/aromatic N) is 2. The summed E-state index contributed by atoms with van der Waals surface area (Å²) in [6.45, 7) is 18.3. The van der Waals surface area contributed by atoms with Crippen LogP contribution in [0.3, 0.4) is 0 Å². The lowest BCUT2D eigenvalue weighted by molar-refractivity contribution is -0.0383. The molecule has 0 aromatic heterocycles. The van der Waals surface area contributed by atoms with E-state index in [0.717, 1.165) is 32.2 Å². The van der Waals surface area contributed by atoms with E-state index < -0.39 is 0 Å². The minimum Gasteiger partial charge on any atom is -0.375 e. The van der Waals surface area contributed by atoms with Crippen LogP contribution in [0.25, 0.3) is 0 Å². The highest BCUT2D eigenvalue weighted by Gasteiger charge is 2.22. The minimum absolute atomic E-state index is 0.322. The maximum Gasteiger partial charge on any atom is 0.0876 e. The first-order chi connectivity index (χ1) is 9.40. The van der Waals surface area contributed by atoms with Crippen LogP contribution in [0.2, 0.25) is 0 Å². The summed E-state index contributed by atoms with van der Waals surface area (Å²) in [6.07, 6.45) is 2.95. The van der Waals surface area contributed by atoms with E-state index in [2.05, 4.69) is 51.1 Å². The van der Waals surface area contributed by atoms with Crippen LogP contribution in [0.15, 0.2) is 12.3 Å². The zero-order valence-electron chi connectivity index (χ0n) is 14.2. The molecule has 0 aliphatic carbocycles. The molecule has 3 nitrogen and oxygen atoms in total. The molecule has 1 heterocycles. The van der Waals surface area contributed by atoms with Crippen LogP contribution in [0.4, 0.5) is 0 Å². The van der Waals surface area contributed by atoms with Crippen molar-refractivity contribution in [3.63, 3.8) is 0 Å². The van der Waals surface area contributed by atoms with Crippen LogP contribution < -0.4 is 0 Å². The number of likely N-dealkylation sites (N-methyl/N-ethyl adjacent to an activating group) is 1. The van der Waals surface area contributed by atoms with Crippen molar-refractivity contribution in [3.05, 3.63) is 12.3 Å². The predicted molar refractivity (Wildman–Crippen MR) is 86.9 cm³/mol. The monoisotopic (exact) mass is 282 g/mol. The first-order valence-electron chi connectivity index (χ1n) is 8.14. The van der Waals surface area contributed by atoms with Gasteiger partial charge in [0, 0.05) is 32.4 Å². The van der Waals surface area contributed by atoms with E-state index in [1.807, 2.05) is 0 Å². The fourth-order valence-corrected chi connectivity index (χ4v) is 2.68. The molecule has 1 atom stereocenters. The molecule has 1 aliphatic rings. The van der Waals surface area contributed by atoms with E-state index in [0.29, 0.717) is 12.0 Å². The number of allylic oxidation sites excluding steroid dienone is 1. The highest BCUT2D eigenvalue weighted by atomic mass is 16.5. The van der Waals surface area contributed by atoms with Gasteiger partial charge in [-0.25, -0.2) is 0 Å². The van der Waals surface area contributed by atoms with Gasteiger partial charge in [-0.05, 0) is 31.2 Å². The van der Waals surface area contributed by atoms with Crippen LogP contribution in [-0.2, 0) is 4.74 Å². The Kier molecular flexibility index (Phi) is 7.60. The Hall–Kier alpha value is -0.540.